The van der Waals surface area contributed by atoms with Gasteiger partial charge in [0.25, 0.3) is 0 Å². The maximum atomic E-state index is 12.1. The van der Waals surface area contributed by atoms with E-state index in [1.165, 1.54) is 0 Å². The second-order valence-electron chi connectivity index (χ2n) is 4.49. The molecule has 1 aromatic carbocycles. The summed E-state index contributed by atoms with van der Waals surface area (Å²) in [6, 6.07) is 11.9. The van der Waals surface area contributed by atoms with Crippen molar-refractivity contribution in [3.8, 4) is 10.4 Å². The fourth-order valence-corrected chi connectivity index (χ4v) is 2.64. The fraction of sp³-hybridized carbons (Fsp3) is 0.267. The van der Waals surface area contributed by atoms with E-state index in [-0.39, 0.29) is 11.8 Å². The molecule has 1 unspecified atom stereocenters. The molecule has 2 aromatic rings. The molecule has 0 saturated carbocycles. The van der Waals surface area contributed by atoms with Gasteiger partial charge in [-0.1, -0.05) is 31.2 Å². The van der Waals surface area contributed by atoms with Crippen LogP contribution in [0.3, 0.4) is 0 Å². The standard InChI is InChI=1S/C15H18N2OS/c1-11(8-9-16)15(18)17-13-6-3-2-5-12(13)14-7-4-10-19-14/h2-7,10-11H,8-9,16H2,1H3,(H,17,18). The zero-order chi connectivity index (χ0) is 13.7. The molecule has 3 N–H and O–H groups in total. The molecule has 2 rings (SSSR count). The van der Waals surface area contributed by atoms with E-state index in [4.69, 9.17) is 5.73 Å². The third kappa shape index (κ3) is 3.43. The van der Waals surface area contributed by atoms with Crippen LogP contribution in [-0.2, 0) is 4.79 Å². The summed E-state index contributed by atoms with van der Waals surface area (Å²) in [5, 5.41) is 5.03. The van der Waals surface area contributed by atoms with Crippen LogP contribution in [-0.4, -0.2) is 12.5 Å². The summed E-state index contributed by atoms with van der Waals surface area (Å²) in [4.78, 5) is 13.2. The molecule has 1 amide bonds. The lowest BCUT2D eigenvalue weighted by molar-refractivity contribution is -0.119. The molecule has 0 bridgehead atoms. The summed E-state index contributed by atoms with van der Waals surface area (Å²) >= 11 is 1.66. The van der Waals surface area contributed by atoms with Crippen molar-refractivity contribution in [3.05, 3.63) is 41.8 Å². The van der Waals surface area contributed by atoms with Crippen molar-refractivity contribution in [2.24, 2.45) is 11.7 Å². The molecule has 100 valence electrons. The number of amides is 1. The number of benzene rings is 1. The molecule has 0 aliphatic heterocycles. The molecule has 19 heavy (non-hydrogen) atoms. The normalized spacial score (nSPS) is 12.1. The van der Waals surface area contributed by atoms with Gasteiger partial charge in [-0.25, -0.2) is 0 Å². The first-order valence-electron chi connectivity index (χ1n) is 6.36. The summed E-state index contributed by atoms with van der Waals surface area (Å²) in [6.45, 7) is 2.43. The summed E-state index contributed by atoms with van der Waals surface area (Å²) < 4.78 is 0. The average molecular weight is 274 g/mol. The van der Waals surface area contributed by atoms with Crippen molar-refractivity contribution >= 4 is 22.9 Å². The summed E-state index contributed by atoms with van der Waals surface area (Å²) in [5.41, 5.74) is 7.41. The number of hydrogen-bond acceptors (Lipinski definition) is 3. The van der Waals surface area contributed by atoms with Crippen molar-refractivity contribution in [3.63, 3.8) is 0 Å². The van der Waals surface area contributed by atoms with Crippen molar-refractivity contribution < 1.29 is 4.79 Å². The highest BCUT2D eigenvalue weighted by atomic mass is 32.1. The third-order valence-electron chi connectivity index (χ3n) is 3.02. The predicted molar refractivity (Wildman–Crippen MR) is 81.2 cm³/mol. The number of hydrogen-bond donors (Lipinski definition) is 2. The molecule has 0 fully saturated rings. The maximum absolute atomic E-state index is 12.1. The second-order valence-corrected chi connectivity index (χ2v) is 5.44. The van der Waals surface area contributed by atoms with Gasteiger partial charge in [-0.2, -0.15) is 0 Å². The van der Waals surface area contributed by atoms with Gasteiger partial charge in [0.2, 0.25) is 5.91 Å². The lowest BCUT2D eigenvalue weighted by Crippen LogP contribution is -2.22. The average Bonchev–Trinajstić information content (AvgIpc) is 2.93. The van der Waals surface area contributed by atoms with E-state index in [2.05, 4.69) is 11.4 Å². The van der Waals surface area contributed by atoms with Gasteiger partial charge < -0.3 is 11.1 Å². The number of thiophene rings is 1. The third-order valence-corrected chi connectivity index (χ3v) is 3.92. The number of para-hydroxylation sites is 1. The van der Waals surface area contributed by atoms with Crippen molar-refractivity contribution in [1.82, 2.24) is 0 Å². The van der Waals surface area contributed by atoms with E-state index >= 15 is 0 Å². The van der Waals surface area contributed by atoms with Crippen LogP contribution in [0.5, 0.6) is 0 Å². The highest BCUT2D eigenvalue weighted by Crippen LogP contribution is 2.31. The predicted octanol–water partition coefficient (Wildman–Crippen LogP) is 3.34. The van der Waals surface area contributed by atoms with Crippen molar-refractivity contribution in [1.29, 1.82) is 0 Å². The Morgan fingerprint density at radius 2 is 2.11 bits per heavy atom. The molecule has 1 heterocycles. The van der Waals surface area contributed by atoms with Crippen molar-refractivity contribution in [2.45, 2.75) is 13.3 Å². The van der Waals surface area contributed by atoms with Crippen LogP contribution in [0.2, 0.25) is 0 Å². The number of nitrogens with one attached hydrogen (secondary N) is 1. The number of anilines is 1. The van der Waals surface area contributed by atoms with E-state index in [0.29, 0.717) is 13.0 Å². The smallest absolute Gasteiger partial charge is 0.227 e. The highest BCUT2D eigenvalue weighted by molar-refractivity contribution is 7.13. The zero-order valence-electron chi connectivity index (χ0n) is 10.9. The first kappa shape index (κ1) is 13.8. The SMILES string of the molecule is CC(CCN)C(=O)Nc1ccccc1-c1cccs1. The Labute approximate surface area is 117 Å². The number of carbonyl (C=O) groups is 1. The molecule has 1 aromatic heterocycles. The van der Waals surface area contributed by atoms with Crippen LogP contribution < -0.4 is 11.1 Å². The molecule has 0 aliphatic rings. The van der Waals surface area contributed by atoms with Gasteiger partial charge in [0.05, 0.1) is 0 Å². The van der Waals surface area contributed by atoms with Crippen LogP contribution in [0.25, 0.3) is 10.4 Å². The Kier molecular flexibility index (Phi) is 4.71. The molecule has 4 heteroatoms. The van der Waals surface area contributed by atoms with Crippen LogP contribution in [0.1, 0.15) is 13.3 Å². The van der Waals surface area contributed by atoms with Gasteiger partial charge in [0, 0.05) is 22.0 Å². The van der Waals surface area contributed by atoms with E-state index in [1.54, 1.807) is 11.3 Å². The van der Waals surface area contributed by atoms with Crippen LogP contribution >= 0.6 is 11.3 Å². The Morgan fingerprint density at radius 3 is 2.79 bits per heavy atom. The minimum Gasteiger partial charge on any atom is -0.330 e. The lowest BCUT2D eigenvalue weighted by atomic mass is 10.1. The molecule has 0 spiro atoms. The zero-order valence-corrected chi connectivity index (χ0v) is 11.7. The van der Waals surface area contributed by atoms with Gasteiger partial charge in [-0.05, 0) is 30.5 Å². The van der Waals surface area contributed by atoms with Gasteiger partial charge >= 0.3 is 0 Å². The van der Waals surface area contributed by atoms with Crippen LogP contribution in [0.4, 0.5) is 5.69 Å². The molecule has 1 atom stereocenters. The minimum atomic E-state index is -0.0682. The number of nitrogens with two attached hydrogens (primary N) is 1. The minimum absolute atomic E-state index is 0.0226. The van der Waals surface area contributed by atoms with Crippen molar-refractivity contribution in [2.75, 3.05) is 11.9 Å². The number of rotatable bonds is 5. The first-order valence-corrected chi connectivity index (χ1v) is 7.24. The molecular weight excluding hydrogens is 256 g/mol. The Balaban J connectivity index is 2.19. The van der Waals surface area contributed by atoms with Gasteiger partial charge in [0.15, 0.2) is 0 Å². The molecule has 3 nitrogen and oxygen atoms in total. The Morgan fingerprint density at radius 1 is 1.32 bits per heavy atom. The molecule has 0 saturated heterocycles. The number of carbonyl (C=O) groups excluding carboxylic acids is 1. The second kappa shape index (κ2) is 6.50. The van der Waals surface area contributed by atoms with E-state index in [9.17, 15) is 4.79 Å². The van der Waals surface area contributed by atoms with E-state index < -0.39 is 0 Å². The summed E-state index contributed by atoms with van der Waals surface area (Å²) in [7, 11) is 0. The largest absolute Gasteiger partial charge is 0.330 e. The highest BCUT2D eigenvalue weighted by Gasteiger charge is 2.14. The summed E-state index contributed by atoms with van der Waals surface area (Å²) in [6.07, 6.45) is 0.701. The topological polar surface area (TPSA) is 55.1 Å². The molecular formula is C15H18N2OS. The monoisotopic (exact) mass is 274 g/mol. The Hall–Kier alpha value is -1.65. The quantitative estimate of drug-likeness (QED) is 0.878. The van der Waals surface area contributed by atoms with E-state index in [1.807, 2.05) is 42.6 Å². The van der Waals surface area contributed by atoms with Crippen LogP contribution in [0.15, 0.2) is 41.8 Å². The van der Waals surface area contributed by atoms with E-state index in [0.717, 1.165) is 16.1 Å². The van der Waals surface area contributed by atoms with Crippen LogP contribution in [0, 0.1) is 5.92 Å². The lowest BCUT2D eigenvalue weighted by Gasteiger charge is -2.13. The fourth-order valence-electron chi connectivity index (χ4n) is 1.88. The van der Waals surface area contributed by atoms with Gasteiger partial charge in [-0.3, -0.25) is 4.79 Å². The maximum Gasteiger partial charge on any atom is 0.227 e. The van der Waals surface area contributed by atoms with Gasteiger partial charge in [-0.15, -0.1) is 11.3 Å². The summed E-state index contributed by atoms with van der Waals surface area (Å²) in [5.74, 6) is -0.0455. The first-order chi connectivity index (χ1) is 9.22. The molecule has 0 radical (unpaired) electrons. The Bertz CT molecular complexity index is 537. The van der Waals surface area contributed by atoms with Gasteiger partial charge in [0.1, 0.15) is 0 Å². The molecule has 0 aliphatic carbocycles.